The molecule has 20 heavy (non-hydrogen) atoms. The van der Waals surface area contributed by atoms with E-state index in [4.69, 9.17) is 21.1 Å². The lowest BCUT2D eigenvalue weighted by Gasteiger charge is -2.32. The van der Waals surface area contributed by atoms with E-state index in [-0.39, 0.29) is 11.4 Å². The van der Waals surface area contributed by atoms with Crippen molar-refractivity contribution in [1.82, 2.24) is 0 Å². The van der Waals surface area contributed by atoms with Crippen LogP contribution in [0.5, 0.6) is 0 Å². The van der Waals surface area contributed by atoms with Gasteiger partial charge in [-0.25, -0.2) is 4.39 Å². The highest BCUT2D eigenvalue weighted by atomic mass is 35.5. The molecule has 1 spiro atoms. The number of ether oxygens (including phenoxy) is 2. The van der Waals surface area contributed by atoms with Crippen molar-refractivity contribution in [2.45, 2.75) is 24.9 Å². The van der Waals surface area contributed by atoms with Gasteiger partial charge in [-0.05, 0) is 37.0 Å². The lowest BCUT2D eigenvalue weighted by molar-refractivity contribution is 0.202. The van der Waals surface area contributed by atoms with Crippen LogP contribution in [0.2, 0.25) is 5.02 Å². The monoisotopic (exact) mass is 299 g/mol. The summed E-state index contributed by atoms with van der Waals surface area (Å²) in [6, 6.07) is 3.28. The lowest BCUT2D eigenvalue weighted by atomic mass is 9.97. The minimum Gasteiger partial charge on any atom is -0.384 e. The fourth-order valence-electron chi connectivity index (χ4n) is 2.77. The van der Waals surface area contributed by atoms with Crippen molar-refractivity contribution in [3.8, 4) is 0 Å². The number of piperidine rings is 1. The number of benzene rings is 1. The Labute approximate surface area is 123 Å². The highest BCUT2D eigenvalue weighted by molar-refractivity contribution is 6.31. The van der Waals surface area contributed by atoms with Crippen LogP contribution in [-0.2, 0) is 15.9 Å². The van der Waals surface area contributed by atoms with Crippen LogP contribution in [0, 0.1) is 5.82 Å². The van der Waals surface area contributed by atoms with Crippen LogP contribution in [0.25, 0.3) is 0 Å². The number of halogens is 2. The highest BCUT2D eigenvalue weighted by Crippen LogP contribution is 2.39. The Balaban J connectivity index is 1.77. The van der Waals surface area contributed by atoms with E-state index in [1.165, 1.54) is 6.07 Å². The van der Waals surface area contributed by atoms with Gasteiger partial charge in [0.2, 0.25) is 0 Å². The number of nitrogens with zero attached hydrogens (tertiary/aromatic N) is 1. The van der Waals surface area contributed by atoms with Crippen LogP contribution in [0.1, 0.15) is 18.4 Å². The SMILES string of the molecule is COCCc1cc(N2CCC3(CC2)CO3)c(F)cc1Cl. The molecule has 2 aliphatic heterocycles. The molecule has 2 saturated heterocycles. The smallest absolute Gasteiger partial charge is 0.147 e. The van der Waals surface area contributed by atoms with Gasteiger partial charge in [-0.1, -0.05) is 11.6 Å². The minimum atomic E-state index is -0.246. The summed E-state index contributed by atoms with van der Waals surface area (Å²) in [7, 11) is 1.65. The molecule has 0 radical (unpaired) electrons. The molecule has 0 unspecified atom stereocenters. The minimum absolute atomic E-state index is 0.109. The maximum Gasteiger partial charge on any atom is 0.147 e. The van der Waals surface area contributed by atoms with Crippen molar-refractivity contribution in [3.63, 3.8) is 0 Å². The Hall–Kier alpha value is -0.840. The molecule has 1 aromatic rings. The van der Waals surface area contributed by atoms with E-state index < -0.39 is 0 Å². The first-order valence-corrected chi connectivity index (χ1v) is 7.37. The van der Waals surface area contributed by atoms with E-state index in [1.807, 2.05) is 6.07 Å². The molecule has 0 amide bonds. The summed E-state index contributed by atoms with van der Waals surface area (Å²) in [6.45, 7) is 3.12. The van der Waals surface area contributed by atoms with Crippen molar-refractivity contribution in [3.05, 3.63) is 28.5 Å². The molecular formula is C15H19ClFNO2. The van der Waals surface area contributed by atoms with Crippen LogP contribution >= 0.6 is 11.6 Å². The average Bonchev–Trinajstić information content (AvgIpc) is 3.19. The van der Waals surface area contributed by atoms with Gasteiger partial charge in [-0.2, -0.15) is 0 Å². The molecule has 2 heterocycles. The molecule has 5 heteroatoms. The van der Waals surface area contributed by atoms with Gasteiger partial charge in [0, 0.05) is 25.2 Å². The summed E-state index contributed by atoms with van der Waals surface area (Å²) in [5, 5.41) is 0.474. The predicted octanol–water partition coefficient (Wildman–Crippen LogP) is 3.04. The molecule has 0 N–H and O–H groups in total. The Kier molecular flexibility index (Phi) is 3.89. The summed E-state index contributed by atoms with van der Waals surface area (Å²) in [5.41, 5.74) is 1.70. The molecule has 2 aliphatic rings. The summed E-state index contributed by atoms with van der Waals surface area (Å²) in [5.74, 6) is -0.246. The topological polar surface area (TPSA) is 25.0 Å². The van der Waals surface area contributed by atoms with E-state index in [0.717, 1.165) is 38.1 Å². The maximum atomic E-state index is 14.2. The number of hydrogen-bond donors (Lipinski definition) is 0. The van der Waals surface area contributed by atoms with E-state index in [2.05, 4.69) is 4.90 Å². The van der Waals surface area contributed by atoms with Gasteiger partial charge in [0.25, 0.3) is 0 Å². The van der Waals surface area contributed by atoms with Crippen LogP contribution in [0.3, 0.4) is 0 Å². The molecule has 0 aromatic heterocycles. The Morgan fingerprint density at radius 3 is 2.70 bits per heavy atom. The zero-order valence-corrected chi connectivity index (χ0v) is 12.4. The quantitative estimate of drug-likeness (QED) is 0.799. The second kappa shape index (κ2) is 5.51. The van der Waals surface area contributed by atoms with Crippen LogP contribution in [0.15, 0.2) is 12.1 Å². The number of epoxide rings is 1. The first kappa shape index (κ1) is 14.1. The molecule has 1 aromatic carbocycles. The molecule has 3 rings (SSSR count). The predicted molar refractivity (Wildman–Crippen MR) is 77.1 cm³/mol. The van der Waals surface area contributed by atoms with Gasteiger partial charge < -0.3 is 14.4 Å². The Morgan fingerprint density at radius 1 is 1.40 bits per heavy atom. The van der Waals surface area contributed by atoms with Crippen molar-refractivity contribution < 1.29 is 13.9 Å². The number of rotatable bonds is 4. The van der Waals surface area contributed by atoms with Crippen molar-refractivity contribution >= 4 is 17.3 Å². The van der Waals surface area contributed by atoms with Gasteiger partial charge in [0.05, 0.1) is 24.5 Å². The van der Waals surface area contributed by atoms with E-state index in [1.54, 1.807) is 7.11 Å². The molecule has 2 fully saturated rings. The Morgan fingerprint density at radius 2 is 2.10 bits per heavy atom. The number of anilines is 1. The third-order valence-corrected chi connectivity index (χ3v) is 4.61. The second-order valence-corrected chi connectivity index (χ2v) is 6.00. The van der Waals surface area contributed by atoms with Gasteiger partial charge in [0.15, 0.2) is 0 Å². The molecule has 110 valence electrons. The zero-order chi connectivity index (χ0) is 14.2. The molecular weight excluding hydrogens is 281 g/mol. The normalized spacial score (nSPS) is 20.4. The van der Waals surface area contributed by atoms with E-state index >= 15 is 0 Å². The van der Waals surface area contributed by atoms with Crippen LogP contribution < -0.4 is 4.90 Å². The summed E-state index contributed by atoms with van der Waals surface area (Å²) in [6.07, 6.45) is 2.65. The molecule has 0 bridgehead atoms. The lowest BCUT2D eigenvalue weighted by Crippen LogP contribution is -2.38. The second-order valence-electron chi connectivity index (χ2n) is 5.60. The third-order valence-electron chi connectivity index (χ3n) is 4.26. The summed E-state index contributed by atoms with van der Waals surface area (Å²) in [4.78, 5) is 2.09. The van der Waals surface area contributed by atoms with Crippen LogP contribution in [-0.4, -0.2) is 39.0 Å². The van der Waals surface area contributed by atoms with Gasteiger partial charge in [-0.15, -0.1) is 0 Å². The molecule has 0 aliphatic carbocycles. The van der Waals surface area contributed by atoms with E-state index in [0.29, 0.717) is 23.7 Å². The number of hydrogen-bond acceptors (Lipinski definition) is 3. The average molecular weight is 300 g/mol. The fraction of sp³-hybridized carbons (Fsp3) is 0.600. The zero-order valence-electron chi connectivity index (χ0n) is 11.6. The van der Waals surface area contributed by atoms with Gasteiger partial charge in [0.1, 0.15) is 5.82 Å². The molecule has 3 nitrogen and oxygen atoms in total. The summed E-state index contributed by atoms with van der Waals surface area (Å²) < 4.78 is 24.7. The van der Waals surface area contributed by atoms with Gasteiger partial charge >= 0.3 is 0 Å². The summed E-state index contributed by atoms with van der Waals surface area (Å²) >= 11 is 6.10. The standard InChI is InChI=1S/C15H19ClFNO2/c1-19-7-2-11-8-14(13(17)9-12(11)16)18-5-3-15(4-6-18)10-20-15/h8-9H,2-7,10H2,1H3. The van der Waals surface area contributed by atoms with Crippen molar-refractivity contribution in [2.24, 2.45) is 0 Å². The first-order chi connectivity index (χ1) is 9.63. The first-order valence-electron chi connectivity index (χ1n) is 6.99. The van der Waals surface area contributed by atoms with Gasteiger partial charge in [-0.3, -0.25) is 0 Å². The van der Waals surface area contributed by atoms with Crippen molar-refractivity contribution in [2.75, 3.05) is 38.3 Å². The Bertz CT molecular complexity index is 495. The maximum absolute atomic E-state index is 14.2. The highest BCUT2D eigenvalue weighted by Gasteiger charge is 2.46. The largest absolute Gasteiger partial charge is 0.384 e. The molecule has 0 saturated carbocycles. The van der Waals surface area contributed by atoms with Crippen molar-refractivity contribution in [1.29, 1.82) is 0 Å². The number of methoxy groups -OCH3 is 1. The molecule has 0 atom stereocenters. The fourth-order valence-corrected chi connectivity index (χ4v) is 3.02. The van der Waals surface area contributed by atoms with Crippen LogP contribution in [0.4, 0.5) is 10.1 Å². The third kappa shape index (κ3) is 2.78. The van der Waals surface area contributed by atoms with E-state index in [9.17, 15) is 4.39 Å².